The Kier molecular flexibility index (Phi) is 12.1. The van der Waals surface area contributed by atoms with Gasteiger partial charge in [-0.1, -0.05) is 0 Å². The molecule has 2 N–H and O–H groups in total. The predicted octanol–water partition coefficient (Wildman–Crippen LogP) is 2.95. The first-order valence-electron chi connectivity index (χ1n) is 11.3. The average molecular weight is 533 g/mol. The Morgan fingerprint density at radius 2 is 2.00 bits per heavy atom. The normalized spacial score (nSPS) is 20.1. The molecule has 3 rings (SSSR count). The second kappa shape index (κ2) is 14.3. The summed E-state index contributed by atoms with van der Waals surface area (Å²) in [5.41, 5.74) is 0. The highest BCUT2D eigenvalue weighted by molar-refractivity contribution is 14.0. The summed E-state index contributed by atoms with van der Waals surface area (Å²) in [4.78, 5) is 9.92. The fraction of sp³-hybridized carbons (Fsp3) is 0.773. The van der Waals surface area contributed by atoms with E-state index in [0.717, 1.165) is 57.6 Å². The summed E-state index contributed by atoms with van der Waals surface area (Å²) in [5.74, 6) is 2.65. The molecule has 30 heavy (non-hydrogen) atoms. The number of nitrogens with zero attached hydrogens (tertiary/aromatic N) is 3. The number of aliphatic imine (C=N–C) groups is 1. The van der Waals surface area contributed by atoms with E-state index < -0.39 is 0 Å². The van der Waals surface area contributed by atoms with Crippen molar-refractivity contribution in [3.05, 3.63) is 24.2 Å². The fourth-order valence-electron chi connectivity index (χ4n) is 4.31. The first-order valence-corrected chi connectivity index (χ1v) is 11.3. The summed E-state index contributed by atoms with van der Waals surface area (Å²) < 4.78 is 10.9. The minimum atomic E-state index is 0. The molecular formula is C22H40IN5O2. The van der Waals surface area contributed by atoms with Crippen LogP contribution in [0.15, 0.2) is 27.8 Å². The molecule has 2 aliphatic rings. The maximum atomic E-state index is 5.73. The minimum absolute atomic E-state index is 0. The molecule has 2 fully saturated rings. The summed E-state index contributed by atoms with van der Waals surface area (Å²) in [6.45, 7) is 11.2. The Hall–Kier alpha value is -0.840. The van der Waals surface area contributed by atoms with Gasteiger partial charge in [0.1, 0.15) is 5.76 Å². The van der Waals surface area contributed by atoms with Crippen LogP contribution in [0.3, 0.4) is 0 Å². The van der Waals surface area contributed by atoms with Crippen LogP contribution in [-0.4, -0.2) is 81.8 Å². The standard InChI is InChI=1S/C22H39N5O2.HI/c1-3-23-22(24-17-19-8-12-26(13-9-19)14-16-28-2)25-18-20(21-7-6-15-29-21)27-10-4-5-11-27;/h6-7,15,19-20H,3-5,8-14,16-18H2,1-2H3,(H2,23,24,25);1H. The van der Waals surface area contributed by atoms with E-state index in [-0.39, 0.29) is 30.0 Å². The Morgan fingerprint density at radius 3 is 2.63 bits per heavy atom. The molecule has 172 valence electrons. The summed E-state index contributed by atoms with van der Waals surface area (Å²) >= 11 is 0. The molecule has 8 heteroatoms. The van der Waals surface area contributed by atoms with E-state index in [2.05, 4.69) is 33.4 Å². The molecule has 7 nitrogen and oxygen atoms in total. The van der Waals surface area contributed by atoms with Crippen molar-refractivity contribution in [1.82, 2.24) is 20.4 Å². The Labute approximate surface area is 199 Å². The van der Waals surface area contributed by atoms with E-state index in [0.29, 0.717) is 5.92 Å². The molecule has 0 amide bonds. The number of hydrogen-bond acceptors (Lipinski definition) is 5. The van der Waals surface area contributed by atoms with Crippen LogP contribution >= 0.6 is 24.0 Å². The third-order valence-electron chi connectivity index (χ3n) is 6.10. The highest BCUT2D eigenvalue weighted by Gasteiger charge is 2.25. The van der Waals surface area contributed by atoms with Crippen LogP contribution in [0.5, 0.6) is 0 Å². The Balaban J connectivity index is 0.00000320. The molecule has 2 saturated heterocycles. The van der Waals surface area contributed by atoms with Crippen molar-refractivity contribution < 1.29 is 9.15 Å². The van der Waals surface area contributed by atoms with Crippen LogP contribution < -0.4 is 10.6 Å². The van der Waals surface area contributed by atoms with Gasteiger partial charge in [0.05, 0.1) is 25.5 Å². The van der Waals surface area contributed by atoms with Gasteiger partial charge < -0.3 is 24.7 Å². The SMILES string of the molecule is CCNC(=NCC(c1ccco1)N1CCCC1)NCC1CCN(CCOC)CC1.I. The number of nitrogens with one attached hydrogen (secondary N) is 2. The van der Waals surface area contributed by atoms with Crippen molar-refractivity contribution in [3.8, 4) is 0 Å². The molecular weight excluding hydrogens is 493 g/mol. The molecule has 1 aromatic rings. The lowest BCUT2D eigenvalue weighted by molar-refractivity contribution is 0.121. The van der Waals surface area contributed by atoms with Crippen LogP contribution in [0.2, 0.25) is 0 Å². The van der Waals surface area contributed by atoms with Crippen LogP contribution in [0, 0.1) is 5.92 Å². The minimum Gasteiger partial charge on any atom is -0.468 e. The van der Waals surface area contributed by atoms with Crippen molar-refractivity contribution in [2.24, 2.45) is 10.9 Å². The van der Waals surface area contributed by atoms with Gasteiger partial charge in [0.15, 0.2) is 5.96 Å². The fourth-order valence-corrected chi connectivity index (χ4v) is 4.31. The van der Waals surface area contributed by atoms with E-state index in [1.54, 1.807) is 13.4 Å². The van der Waals surface area contributed by atoms with E-state index in [9.17, 15) is 0 Å². The molecule has 1 atom stereocenters. The molecule has 0 aliphatic carbocycles. The number of likely N-dealkylation sites (tertiary alicyclic amines) is 2. The number of methoxy groups -OCH3 is 1. The maximum Gasteiger partial charge on any atom is 0.191 e. The highest BCUT2D eigenvalue weighted by atomic mass is 127. The summed E-state index contributed by atoms with van der Waals surface area (Å²) in [5, 5.41) is 7.00. The van der Waals surface area contributed by atoms with Gasteiger partial charge in [-0.25, -0.2) is 0 Å². The smallest absolute Gasteiger partial charge is 0.191 e. The Morgan fingerprint density at radius 1 is 1.23 bits per heavy atom. The van der Waals surface area contributed by atoms with E-state index in [1.165, 1.54) is 38.8 Å². The van der Waals surface area contributed by atoms with E-state index in [4.69, 9.17) is 14.1 Å². The van der Waals surface area contributed by atoms with Gasteiger partial charge in [-0.15, -0.1) is 24.0 Å². The largest absolute Gasteiger partial charge is 0.468 e. The average Bonchev–Trinajstić information content (AvgIpc) is 3.46. The van der Waals surface area contributed by atoms with Gasteiger partial charge in [0.25, 0.3) is 0 Å². The summed E-state index contributed by atoms with van der Waals surface area (Å²) in [6, 6.07) is 4.29. The van der Waals surface area contributed by atoms with Gasteiger partial charge in [0.2, 0.25) is 0 Å². The topological polar surface area (TPSA) is 65.3 Å². The lowest BCUT2D eigenvalue weighted by Crippen LogP contribution is -2.43. The number of ether oxygens (including phenoxy) is 1. The molecule has 0 radical (unpaired) electrons. The number of guanidine groups is 1. The van der Waals surface area contributed by atoms with Crippen LogP contribution in [-0.2, 0) is 4.74 Å². The van der Waals surface area contributed by atoms with Crippen molar-refractivity contribution in [3.63, 3.8) is 0 Å². The number of rotatable bonds is 10. The highest BCUT2D eigenvalue weighted by Crippen LogP contribution is 2.25. The number of piperidine rings is 1. The first-order chi connectivity index (χ1) is 14.3. The Bertz CT molecular complexity index is 584. The van der Waals surface area contributed by atoms with Crippen molar-refractivity contribution in [1.29, 1.82) is 0 Å². The number of furan rings is 1. The maximum absolute atomic E-state index is 5.73. The van der Waals surface area contributed by atoms with E-state index in [1.807, 2.05) is 6.07 Å². The molecule has 0 aromatic carbocycles. The zero-order valence-electron chi connectivity index (χ0n) is 18.6. The van der Waals surface area contributed by atoms with Crippen LogP contribution in [0.25, 0.3) is 0 Å². The molecule has 1 unspecified atom stereocenters. The van der Waals surface area contributed by atoms with Crippen molar-refractivity contribution >= 4 is 29.9 Å². The lowest BCUT2D eigenvalue weighted by atomic mass is 9.97. The van der Waals surface area contributed by atoms with Crippen molar-refractivity contribution in [2.45, 2.75) is 38.6 Å². The monoisotopic (exact) mass is 533 g/mol. The molecule has 0 bridgehead atoms. The predicted molar refractivity (Wildman–Crippen MR) is 133 cm³/mol. The number of hydrogen-bond donors (Lipinski definition) is 2. The van der Waals surface area contributed by atoms with Crippen LogP contribution in [0.1, 0.15) is 44.4 Å². The second-order valence-electron chi connectivity index (χ2n) is 8.15. The lowest BCUT2D eigenvalue weighted by Gasteiger charge is -2.32. The van der Waals surface area contributed by atoms with Crippen molar-refractivity contribution in [2.75, 3.05) is 66.1 Å². The summed E-state index contributed by atoms with van der Waals surface area (Å²) in [6.07, 6.45) is 6.77. The molecule has 0 saturated carbocycles. The second-order valence-corrected chi connectivity index (χ2v) is 8.15. The first kappa shape index (κ1) is 25.4. The number of halogens is 1. The quantitative estimate of drug-likeness (QED) is 0.274. The zero-order valence-corrected chi connectivity index (χ0v) is 21.0. The van der Waals surface area contributed by atoms with Gasteiger partial charge in [-0.2, -0.15) is 0 Å². The molecule has 2 aliphatic heterocycles. The van der Waals surface area contributed by atoms with E-state index >= 15 is 0 Å². The third kappa shape index (κ3) is 8.01. The van der Waals surface area contributed by atoms with Gasteiger partial charge >= 0.3 is 0 Å². The third-order valence-corrected chi connectivity index (χ3v) is 6.10. The molecule has 3 heterocycles. The summed E-state index contributed by atoms with van der Waals surface area (Å²) in [7, 11) is 1.78. The zero-order chi connectivity index (χ0) is 20.3. The molecule has 1 aromatic heterocycles. The van der Waals surface area contributed by atoms with Gasteiger partial charge in [-0.3, -0.25) is 9.89 Å². The molecule has 0 spiro atoms. The van der Waals surface area contributed by atoms with Gasteiger partial charge in [-0.05, 0) is 76.8 Å². The van der Waals surface area contributed by atoms with Crippen LogP contribution in [0.4, 0.5) is 0 Å². The van der Waals surface area contributed by atoms with Gasteiger partial charge in [0, 0.05) is 26.7 Å².